The van der Waals surface area contributed by atoms with E-state index in [4.69, 9.17) is 0 Å². The predicted molar refractivity (Wildman–Crippen MR) is 96.3 cm³/mol. The van der Waals surface area contributed by atoms with E-state index in [-0.39, 0.29) is 0 Å². The van der Waals surface area contributed by atoms with Crippen LogP contribution >= 0.6 is 0 Å². The van der Waals surface area contributed by atoms with E-state index in [1.54, 1.807) is 0 Å². The Morgan fingerprint density at radius 1 is 0.591 bits per heavy atom. The zero-order valence-electron chi connectivity index (χ0n) is 13.2. The molecule has 0 aliphatic rings. The summed E-state index contributed by atoms with van der Waals surface area (Å²) in [7, 11) is 2.11. The van der Waals surface area contributed by atoms with Crippen molar-refractivity contribution in [3.8, 4) is 22.3 Å². The van der Waals surface area contributed by atoms with Crippen molar-refractivity contribution in [1.82, 2.24) is 0 Å². The van der Waals surface area contributed by atoms with Crippen molar-refractivity contribution in [2.24, 2.45) is 0 Å². The first-order chi connectivity index (χ1) is 10.8. The van der Waals surface area contributed by atoms with Gasteiger partial charge in [0, 0.05) is 19.3 Å². The van der Waals surface area contributed by atoms with Crippen molar-refractivity contribution in [2.45, 2.75) is 6.92 Å². The SMILES string of the molecule is CCN(C)c1ccc(-c2ccc(-c3ccccc3)cc2)cc1. The van der Waals surface area contributed by atoms with E-state index in [2.05, 4.69) is 91.7 Å². The molecule has 110 valence electrons. The Balaban J connectivity index is 1.84. The molecule has 1 nitrogen and oxygen atoms in total. The van der Waals surface area contributed by atoms with Gasteiger partial charge in [-0.15, -0.1) is 0 Å². The summed E-state index contributed by atoms with van der Waals surface area (Å²) in [6, 6.07) is 28.0. The Kier molecular flexibility index (Phi) is 4.24. The smallest absolute Gasteiger partial charge is 0.0363 e. The molecule has 3 rings (SSSR count). The summed E-state index contributed by atoms with van der Waals surface area (Å²) in [5, 5.41) is 0. The molecule has 0 spiro atoms. The van der Waals surface area contributed by atoms with Gasteiger partial charge in [0.2, 0.25) is 0 Å². The molecule has 0 aromatic heterocycles. The molecule has 22 heavy (non-hydrogen) atoms. The van der Waals surface area contributed by atoms with E-state index in [9.17, 15) is 0 Å². The monoisotopic (exact) mass is 287 g/mol. The van der Waals surface area contributed by atoms with Crippen molar-refractivity contribution in [3.63, 3.8) is 0 Å². The fourth-order valence-electron chi connectivity index (χ4n) is 2.58. The Morgan fingerprint density at radius 2 is 1.00 bits per heavy atom. The molecule has 1 heteroatoms. The summed E-state index contributed by atoms with van der Waals surface area (Å²) in [6.45, 7) is 3.18. The Bertz CT molecular complexity index is 712. The topological polar surface area (TPSA) is 3.24 Å². The van der Waals surface area contributed by atoms with Crippen molar-refractivity contribution >= 4 is 5.69 Å². The molecule has 0 saturated carbocycles. The Morgan fingerprint density at radius 3 is 1.45 bits per heavy atom. The molecular formula is C21H21N. The number of anilines is 1. The van der Waals surface area contributed by atoms with Crippen LogP contribution in [0.25, 0.3) is 22.3 Å². The zero-order chi connectivity index (χ0) is 15.4. The highest BCUT2D eigenvalue weighted by Gasteiger charge is 2.02. The number of nitrogens with zero attached hydrogens (tertiary/aromatic N) is 1. The van der Waals surface area contributed by atoms with Crippen LogP contribution in [0.4, 0.5) is 5.69 Å². The van der Waals surface area contributed by atoms with E-state index in [1.807, 2.05) is 6.07 Å². The lowest BCUT2D eigenvalue weighted by atomic mass is 10.0. The van der Waals surface area contributed by atoms with Crippen molar-refractivity contribution in [1.29, 1.82) is 0 Å². The molecule has 0 saturated heterocycles. The minimum Gasteiger partial charge on any atom is -0.375 e. The second-order valence-electron chi connectivity index (χ2n) is 5.50. The second-order valence-corrected chi connectivity index (χ2v) is 5.50. The van der Waals surface area contributed by atoms with E-state index in [0.717, 1.165) is 6.54 Å². The summed E-state index contributed by atoms with van der Waals surface area (Å²) in [4.78, 5) is 2.24. The average molecular weight is 287 g/mol. The summed E-state index contributed by atoms with van der Waals surface area (Å²) in [6.07, 6.45) is 0. The first kappa shape index (κ1) is 14.4. The molecule has 0 unspecified atom stereocenters. The molecule has 0 bridgehead atoms. The fraction of sp³-hybridized carbons (Fsp3) is 0.143. The van der Waals surface area contributed by atoms with Gasteiger partial charge in [0.25, 0.3) is 0 Å². The highest BCUT2D eigenvalue weighted by Crippen LogP contribution is 2.26. The molecular weight excluding hydrogens is 266 g/mol. The lowest BCUT2D eigenvalue weighted by molar-refractivity contribution is 0.968. The fourth-order valence-corrected chi connectivity index (χ4v) is 2.58. The molecule has 0 heterocycles. The summed E-state index contributed by atoms with van der Waals surface area (Å²) in [5.41, 5.74) is 6.28. The Hall–Kier alpha value is -2.54. The molecule has 0 radical (unpaired) electrons. The van der Waals surface area contributed by atoms with Gasteiger partial charge >= 0.3 is 0 Å². The Labute approximate surface area is 132 Å². The first-order valence-electron chi connectivity index (χ1n) is 7.75. The third-order valence-corrected chi connectivity index (χ3v) is 4.11. The molecule has 0 N–H and O–H groups in total. The molecule has 0 aliphatic heterocycles. The summed E-state index contributed by atoms with van der Waals surface area (Å²) < 4.78 is 0. The maximum atomic E-state index is 2.24. The molecule has 3 aromatic rings. The van der Waals surface area contributed by atoms with Crippen LogP contribution < -0.4 is 4.90 Å². The van der Waals surface area contributed by atoms with Gasteiger partial charge in [0.15, 0.2) is 0 Å². The predicted octanol–water partition coefficient (Wildman–Crippen LogP) is 5.48. The van der Waals surface area contributed by atoms with Crippen LogP contribution in [0, 0.1) is 0 Å². The standard InChI is InChI=1S/C21H21N/c1-3-22(2)21-15-13-20(14-16-21)19-11-9-18(10-12-19)17-7-5-4-6-8-17/h4-16H,3H2,1-2H3. The van der Waals surface area contributed by atoms with Gasteiger partial charge in [-0.25, -0.2) is 0 Å². The number of hydrogen-bond acceptors (Lipinski definition) is 1. The van der Waals surface area contributed by atoms with E-state index >= 15 is 0 Å². The molecule has 3 aromatic carbocycles. The summed E-state index contributed by atoms with van der Waals surface area (Å²) in [5.74, 6) is 0. The van der Waals surface area contributed by atoms with Crippen molar-refractivity contribution in [3.05, 3.63) is 78.9 Å². The van der Waals surface area contributed by atoms with Crippen LogP contribution in [0.15, 0.2) is 78.9 Å². The highest BCUT2D eigenvalue weighted by molar-refractivity contribution is 5.71. The van der Waals surface area contributed by atoms with Gasteiger partial charge in [-0.2, -0.15) is 0 Å². The number of rotatable bonds is 4. The number of benzene rings is 3. The lowest BCUT2D eigenvalue weighted by Gasteiger charge is -2.17. The third-order valence-electron chi connectivity index (χ3n) is 4.11. The largest absolute Gasteiger partial charge is 0.375 e. The van der Waals surface area contributed by atoms with Gasteiger partial charge in [0.05, 0.1) is 0 Å². The van der Waals surface area contributed by atoms with Crippen molar-refractivity contribution < 1.29 is 0 Å². The van der Waals surface area contributed by atoms with Crippen LogP contribution in [0.3, 0.4) is 0 Å². The minimum absolute atomic E-state index is 1.02. The third kappa shape index (κ3) is 3.04. The van der Waals surface area contributed by atoms with E-state index in [0.29, 0.717) is 0 Å². The average Bonchev–Trinajstić information content (AvgIpc) is 2.62. The molecule has 0 fully saturated rings. The van der Waals surface area contributed by atoms with Gasteiger partial charge in [-0.3, -0.25) is 0 Å². The zero-order valence-corrected chi connectivity index (χ0v) is 13.2. The van der Waals surface area contributed by atoms with Gasteiger partial charge in [-0.05, 0) is 41.3 Å². The van der Waals surface area contributed by atoms with Crippen LogP contribution in [0.2, 0.25) is 0 Å². The normalized spacial score (nSPS) is 10.5. The quantitative estimate of drug-likeness (QED) is 0.614. The molecule has 0 atom stereocenters. The van der Waals surface area contributed by atoms with E-state index < -0.39 is 0 Å². The molecule has 0 aliphatic carbocycles. The first-order valence-corrected chi connectivity index (χ1v) is 7.75. The van der Waals surface area contributed by atoms with Crippen LogP contribution in [-0.2, 0) is 0 Å². The molecule has 0 amide bonds. The van der Waals surface area contributed by atoms with Crippen LogP contribution in [0.1, 0.15) is 6.92 Å². The van der Waals surface area contributed by atoms with Gasteiger partial charge in [0.1, 0.15) is 0 Å². The second kappa shape index (κ2) is 6.48. The van der Waals surface area contributed by atoms with Gasteiger partial charge < -0.3 is 4.90 Å². The van der Waals surface area contributed by atoms with Crippen molar-refractivity contribution in [2.75, 3.05) is 18.5 Å². The minimum atomic E-state index is 1.02. The van der Waals surface area contributed by atoms with Crippen LogP contribution in [-0.4, -0.2) is 13.6 Å². The van der Waals surface area contributed by atoms with Gasteiger partial charge in [-0.1, -0.05) is 66.7 Å². The maximum absolute atomic E-state index is 2.24. The number of hydrogen-bond donors (Lipinski definition) is 0. The highest BCUT2D eigenvalue weighted by atomic mass is 15.1. The van der Waals surface area contributed by atoms with E-state index in [1.165, 1.54) is 27.9 Å². The summed E-state index contributed by atoms with van der Waals surface area (Å²) >= 11 is 0. The maximum Gasteiger partial charge on any atom is 0.0363 e. The lowest BCUT2D eigenvalue weighted by Crippen LogP contribution is -2.15. The van der Waals surface area contributed by atoms with Crippen LogP contribution in [0.5, 0.6) is 0 Å².